The molecule has 1 unspecified atom stereocenters. The number of hydrogen-bond acceptors (Lipinski definition) is 8. The number of guanidine groups is 2. The van der Waals surface area contributed by atoms with Crippen molar-refractivity contribution in [2.45, 2.75) is 32.6 Å². The largest absolute Gasteiger partial charge is 0.435 e. The van der Waals surface area contributed by atoms with Crippen LogP contribution in [-0.4, -0.2) is 61.6 Å². The molecule has 268 valence electrons. The van der Waals surface area contributed by atoms with Gasteiger partial charge < -0.3 is 26.7 Å². The van der Waals surface area contributed by atoms with E-state index in [0.717, 1.165) is 5.56 Å². The molecular weight excluding hydrogens is 672 g/mol. The van der Waals surface area contributed by atoms with Crippen molar-refractivity contribution in [3.8, 4) is 11.5 Å². The normalized spacial score (nSPS) is 14.8. The standard InChI is InChI=1S/C18H17F2N3O2.C16H12F2O3.C2H7N3/c1-11-5-3-4-6-14(11)18(15(24)23(2)17(21)22-18)12-7-9-13(10-8-12)25-16(19)20;1-10-4-2-3-5-13(10)15(20)14(19)11-6-8-12(9-7-11)21-16(17)18;1-5-2(3)4/h3-10,16H,1-2H3,(H2,21,22);2-9,16H,1H3;1H3,(H4,3,4,5). The third kappa shape index (κ3) is 9.68. The molecular formula is C36H36F4N6O5. The van der Waals surface area contributed by atoms with Crippen LogP contribution in [0.3, 0.4) is 0 Å². The first-order chi connectivity index (χ1) is 24.1. The first-order valence-corrected chi connectivity index (χ1v) is 15.0. The Morgan fingerprint density at radius 2 is 1.24 bits per heavy atom. The highest BCUT2D eigenvalue weighted by Gasteiger charge is 2.50. The number of halogens is 4. The van der Waals surface area contributed by atoms with Gasteiger partial charge in [0.25, 0.3) is 5.91 Å². The Labute approximate surface area is 291 Å². The summed E-state index contributed by atoms with van der Waals surface area (Å²) in [5.41, 5.74) is 17.4. The summed E-state index contributed by atoms with van der Waals surface area (Å²) in [5, 5.41) is 0. The van der Waals surface area contributed by atoms with Crippen molar-refractivity contribution >= 4 is 29.4 Å². The number of nitrogens with two attached hydrogens (primary N) is 3. The fourth-order valence-electron chi connectivity index (χ4n) is 4.89. The second-order valence-corrected chi connectivity index (χ2v) is 10.8. The summed E-state index contributed by atoms with van der Waals surface area (Å²) in [4.78, 5) is 46.4. The van der Waals surface area contributed by atoms with Crippen molar-refractivity contribution < 1.29 is 41.4 Å². The number of likely N-dealkylation sites (N-methyl/N-ethyl adjacent to an activating group) is 1. The van der Waals surface area contributed by atoms with Crippen molar-refractivity contribution in [1.29, 1.82) is 0 Å². The van der Waals surface area contributed by atoms with Crippen molar-refractivity contribution in [3.05, 3.63) is 130 Å². The molecule has 11 nitrogen and oxygen atoms in total. The van der Waals surface area contributed by atoms with Crippen LogP contribution >= 0.6 is 0 Å². The average molecular weight is 709 g/mol. The van der Waals surface area contributed by atoms with Crippen LogP contribution in [0.4, 0.5) is 17.6 Å². The topological polar surface area (TPSA) is 176 Å². The molecule has 4 aromatic carbocycles. The number of aryl methyl sites for hydroxylation is 2. The zero-order valence-corrected chi connectivity index (χ0v) is 28.0. The van der Waals surface area contributed by atoms with Crippen LogP contribution in [0.1, 0.15) is 43.0 Å². The predicted molar refractivity (Wildman–Crippen MR) is 184 cm³/mol. The van der Waals surface area contributed by atoms with E-state index >= 15 is 0 Å². The van der Waals surface area contributed by atoms with Crippen LogP contribution in [0.15, 0.2) is 107 Å². The van der Waals surface area contributed by atoms with Gasteiger partial charge in [0.2, 0.25) is 11.6 Å². The quantitative estimate of drug-likeness (QED) is 0.0701. The monoisotopic (exact) mass is 708 g/mol. The van der Waals surface area contributed by atoms with E-state index in [2.05, 4.69) is 19.5 Å². The van der Waals surface area contributed by atoms with Crippen LogP contribution in [0.2, 0.25) is 0 Å². The fraction of sp³-hybridized carbons (Fsp3) is 0.194. The highest BCUT2D eigenvalue weighted by Crippen LogP contribution is 2.41. The van der Waals surface area contributed by atoms with Gasteiger partial charge in [-0.15, -0.1) is 0 Å². The van der Waals surface area contributed by atoms with E-state index < -0.39 is 30.3 Å². The second-order valence-electron chi connectivity index (χ2n) is 10.8. The number of nitrogens with zero attached hydrogens (tertiary/aromatic N) is 3. The molecule has 0 fully saturated rings. The Morgan fingerprint density at radius 3 is 1.67 bits per heavy atom. The molecule has 1 aliphatic heterocycles. The van der Waals surface area contributed by atoms with Gasteiger partial charge >= 0.3 is 13.2 Å². The minimum atomic E-state index is -2.93. The van der Waals surface area contributed by atoms with Gasteiger partial charge in [-0.1, -0.05) is 60.7 Å². The first kappa shape index (κ1) is 39.2. The van der Waals surface area contributed by atoms with Gasteiger partial charge in [-0.2, -0.15) is 17.6 Å². The maximum atomic E-state index is 13.0. The van der Waals surface area contributed by atoms with Gasteiger partial charge in [0, 0.05) is 25.2 Å². The van der Waals surface area contributed by atoms with Crippen molar-refractivity contribution in [3.63, 3.8) is 0 Å². The van der Waals surface area contributed by atoms with Crippen LogP contribution < -0.4 is 26.7 Å². The number of carbonyl (C=O) groups is 3. The van der Waals surface area contributed by atoms with Gasteiger partial charge in [0.1, 0.15) is 11.5 Å². The van der Waals surface area contributed by atoms with E-state index in [1.165, 1.54) is 48.3 Å². The van der Waals surface area contributed by atoms with E-state index in [9.17, 15) is 31.9 Å². The minimum absolute atomic E-state index is 0.00874. The van der Waals surface area contributed by atoms with Crippen LogP contribution in [0.5, 0.6) is 11.5 Å². The molecule has 1 amide bonds. The van der Waals surface area contributed by atoms with Crippen molar-refractivity contribution in [2.24, 2.45) is 27.2 Å². The Balaban J connectivity index is 0.000000246. The summed E-state index contributed by atoms with van der Waals surface area (Å²) in [7, 11) is 3.09. The van der Waals surface area contributed by atoms with E-state index in [1.54, 1.807) is 50.4 Å². The molecule has 5 rings (SSSR count). The molecule has 51 heavy (non-hydrogen) atoms. The molecule has 1 heterocycles. The predicted octanol–water partition coefficient (Wildman–Crippen LogP) is 5.18. The number of alkyl halides is 4. The molecule has 4 aromatic rings. The van der Waals surface area contributed by atoms with Crippen LogP contribution in [0, 0.1) is 13.8 Å². The lowest BCUT2D eigenvalue weighted by atomic mass is 9.80. The third-order valence-electron chi connectivity index (χ3n) is 7.47. The summed E-state index contributed by atoms with van der Waals surface area (Å²) < 4.78 is 57.3. The van der Waals surface area contributed by atoms with Gasteiger partial charge in [-0.25, -0.2) is 4.99 Å². The average Bonchev–Trinajstić information content (AvgIpc) is 3.33. The number of ketones is 2. The van der Waals surface area contributed by atoms with Gasteiger partial charge in [0.15, 0.2) is 17.5 Å². The lowest BCUT2D eigenvalue weighted by Crippen LogP contribution is -2.41. The number of hydrogen-bond donors (Lipinski definition) is 3. The van der Waals surface area contributed by atoms with E-state index in [-0.39, 0.29) is 34.9 Å². The summed E-state index contributed by atoms with van der Waals surface area (Å²) in [6, 6.07) is 25.0. The molecule has 0 spiro atoms. The highest BCUT2D eigenvalue weighted by molar-refractivity contribution is 6.49. The molecule has 0 radical (unpaired) electrons. The van der Waals surface area contributed by atoms with Gasteiger partial charge in [-0.3, -0.25) is 24.3 Å². The zero-order chi connectivity index (χ0) is 37.9. The number of ether oxygens (including phenoxy) is 2. The maximum Gasteiger partial charge on any atom is 0.387 e. The number of carbonyl (C=O) groups excluding carboxylic acids is 3. The zero-order valence-electron chi connectivity index (χ0n) is 28.0. The Morgan fingerprint density at radius 1 is 0.765 bits per heavy atom. The number of amides is 1. The summed E-state index contributed by atoms with van der Waals surface area (Å²) in [5.74, 6) is -1.45. The number of aliphatic imine (C=N–C) groups is 2. The second kappa shape index (κ2) is 17.4. The van der Waals surface area contributed by atoms with Crippen LogP contribution in [0.25, 0.3) is 0 Å². The molecule has 0 aliphatic carbocycles. The molecule has 0 saturated carbocycles. The van der Waals surface area contributed by atoms with E-state index in [4.69, 9.17) is 17.2 Å². The third-order valence-corrected chi connectivity index (χ3v) is 7.47. The number of benzene rings is 4. The minimum Gasteiger partial charge on any atom is -0.435 e. The summed E-state index contributed by atoms with van der Waals surface area (Å²) in [6.45, 7) is -2.23. The fourth-order valence-corrected chi connectivity index (χ4v) is 4.89. The molecule has 1 atom stereocenters. The van der Waals surface area contributed by atoms with Gasteiger partial charge in [-0.05, 0) is 72.5 Å². The molecule has 6 N–H and O–H groups in total. The van der Waals surface area contributed by atoms with Crippen molar-refractivity contribution in [2.75, 3.05) is 14.1 Å². The lowest BCUT2D eigenvalue weighted by molar-refractivity contribution is -0.129. The lowest BCUT2D eigenvalue weighted by Gasteiger charge is -2.27. The number of Topliss-reactive ketones (excluding diaryl/α,β-unsaturated/α-hetero) is 2. The summed E-state index contributed by atoms with van der Waals surface area (Å²) >= 11 is 0. The Hall–Kier alpha value is -6.25. The molecule has 0 saturated heterocycles. The first-order valence-electron chi connectivity index (χ1n) is 15.0. The maximum absolute atomic E-state index is 13.0. The Bertz CT molecular complexity index is 1900. The van der Waals surface area contributed by atoms with E-state index in [0.29, 0.717) is 22.3 Å². The molecule has 0 aromatic heterocycles. The molecule has 15 heteroatoms. The number of rotatable bonds is 9. The Kier molecular flexibility index (Phi) is 13.4. The molecule has 0 bridgehead atoms. The van der Waals surface area contributed by atoms with E-state index in [1.807, 2.05) is 31.2 Å². The summed E-state index contributed by atoms with van der Waals surface area (Å²) in [6.07, 6.45) is 0. The SMILES string of the molecule is CN=C(N)N.Cc1ccccc1C(=O)C(=O)c1ccc(OC(F)F)cc1.Cc1ccccc1C1(c2ccc(OC(F)F)cc2)N=C(N)N(C)C1=O. The highest BCUT2D eigenvalue weighted by atomic mass is 19.3. The van der Waals surface area contributed by atoms with Gasteiger partial charge in [0.05, 0.1) is 0 Å². The van der Waals surface area contributed by atoms with Crippen molar-refractivity contribution in [1.82, 2.24) is 4.90 Å². The van der Waals surface area contributed by atoms with Crippen LogP contribution in [-0.2, 0) is 10.3 Å². The molecule has 1 aliphatic rings. The smallest absolute Gasteiger partial charge is 0.387 e.